The molecule has 64 valence electrons. The molecule has 0 radical (unpaired) electrons. The Balaban J connectivity index is 2.86. The molecule has 0 amide bonds. The minimum Gasteiger partial charge on any atom is -0.445 e. The standard InChI is InChI=1S/C9H11NO2/c1-7-4-2-3-5-8(7)9(10)12-6-11/h2-6,9H,10H2,1H3. The van der Waals surface area contributed by atoms with E-state index in [1.54, 1.807) is 0 Å². The van der Waals surface area contributed by atoms with Gasteiger partial charge in [-0.25, -0.2) is 0 Å². The predicted molar refractivity (Wildman–Crippen MR) is 45.3 cm³/mol. The van der Waals surface area contributed by atoms with Crippen molar-refractivity contribution in [3.63, 3.8) is 0 Å². The molecule has 0 aromatic heterocycles. The molecule has 0 aliphatic carbocycles. The second-order valence-electron chi connectivity index (χ2n) is 2.51. The summed E-state index contributed by atoms with van der Waals surface area (Å²) in [7, 11) is 0. The van der Waals surface area contributed by atoms with E-state index in [0.717, 1.165) is 11.1 Å². The molecule has 12 heavy (non-hydrogen) atoms. The summed E-state index contributed by atoms with van der Waals surface area (Å²) < 4.78 is 4.61. The van der Waals surface area contributed by atoms with Gasteiger partial charge in [0, 0.05) is 5.56 Å². The molecular weight excluding hydrogens is 154 g/mol. The van der Waals surface area contributed by atoms with E-state index in [2.05, 4.69) is 4.74 Å². The zero-order valence-corrected chi connectivity index (χ0v) is 6.86. The Kier molecular flexibility index (Phi) is 2.82. The molecule has 0 aliphatic rings. The lowest BCUT2D eigenvalue weighted by Gasteiger charge is -2.11. The van der Waals surface area contributed by atoms with Gasteiger partial charge in [0.1, 0.15) is 0 Å². The van der Waals surface area contributed by atoms with E-state index < -0.39 is 6.23 Å². The van der Waals surface area contributed by atoms with Crippen LogP contribution in [0.5, 0.6) is 0 Å². The predicted octanol–water partition coefficient (Wildman–Crippen LogP) is 1.13. The highest BCUT2D eigenvalue weighted by atomic mass is 16.5. The highest BCUT2D eigenvalue weighted by Gasteiger charge is 2.07. The zero-order chi connectivity index (χ0) is 8.97. The molecule has 1 unspecified atom stereocenters. The fraction of sp³-hybridized carbons (Fsp3) is 0.222. The van der Waals surface area contributed by atoms with Gasteiger partial charge in [0.2, 0.25) is 0 Å². The number of hydrogen-bond donors (Lipinski definition) is 1. The third-order valence-electron chi connectivity index (χ3n) is 1.70. The summed E-state index contributed by atoms with van der Waals surface area (Å²) in [6.45, 7) is 2.28. The van der Waals surface area contributed by atoms with Crippen molar-refractivity contribution in [2.24, 2.45) is 5.73 Å². The van der Waals surface area contributed by atoms with Crippen LogP contribution < -0.4 is 5.73 Å². The Labute approximate surface area is 71.1 Å². The second kappa shape index (κ2) is 3.88. The summed E-state index contributed by atoms with van der Waals surface area (Å²) in [4.78, 5) is 10.00. The highest BCUT2D eigenvalue weighted by molar-refractivity contribution is 5.39. The number of nitrogens with two attached hydrogens (primary N) is 1. The fourth-order valence-corrected chi connectivity index (χ4v) is 1.04. The summed E-state index contributed by atoms with van der Waals surface area (Å²) >= 11 is 0. The number of benzene rings is 1. The van der Waals surface area contributed by atoms with Crippen LogP contribution in [0.4, 0.5) is 0 Å². The lowest BCUT2D eigenvalue weighted by molar-refractivity contribution is -0.133. The van der Waals surface area contributed by atoms with Crippen LogP contribution in [0.2, 0.25) is 0 Å². The Morgan fingerprint density at radius 1 is 1.50 bits per heavy atom. The second-order valence-corrected chi connectivity index (χ2v) is 2.51. The molecule has 0 saturated carbocycles. The first-order valence-corrected chi connectivity index (χ1v) is 3.66. The van der Waals surface area contributed by atoms with Crippen molar-refractivity contribution in [1.29, 1.82) is 0 Å². The van der Waals surface area contributed by atoms with Gasteiger partial charge in [-0.3, -0.25) is 10.5 Å². The molecule has 1 atom stereocenters. The Bertz CT molecular complexity index is 273. The van der Waals surface area contributed by atoms with Crippen LogP contribution >= 0.6 is 0 Å². The SMILES string of the molecule is Cc1ccccc1C(N)OC=O. The van der Waals surface area contributed by atoms with Crippen LogP contribution in [0.3, 0.4) is 0 Å². The normalized spacial score (nSPS) is 12.2. The molecule has 1 aromatic carbocycles. The maximum absolute atomic E-state index is 10.00. The molecule has 3 heteroatoms. The van der Waals surface area contributed by atoms with E-state index in [0.29, 0.717) is 6.47 Å². The minimum absolute atomic E-state index is 0.358. The molecule has 0 spiro atoms. The van der Waals surface area contributed by atoms with Gasteiger partial charge in [-0.2, -0.15) is 0 Å². The quantitative estimate of drug-likeness (QED) is 0.539. The first-order chi connectivity index (χ1) is 5.75. The van der Waals surface area contributed by atoms with Gasteiger partial charge < -0.3 is 4.74 Å². The minimum atomic E-state index is -0.649. The largest absolute Gasteiger partial charge is 0.445 e. The molecule has 2 N–H and O–H groups in total. The monoisotopic (exact) mass is 165 g/mol. The van der Waals surface area contributed by atoms with Crippen molar-refractivity contribution in [1.82, 2.24) is 0 Å². The average molecular weight is 165 g/mol. The molecule has 1 rings (SSSR count). The van der Waals surface area contributed by atoms with E-state index in [4.69, 9.17) is 5.73 Å². The van der Waals surface area contributed by atoms with E-state index in [9.17, 15) is 4.79 Å². The zero-order valence-electron chi connectivity index (χ0n) is 6.86. The number of carbonyl (C=O) groups is 1. The summed E-state index contributed by atoms with van der Waals surface area (Å²) in [5, 5.41) is 0. The molecule has 0 saturated heterocycles. The van der Waals surface area contributed by atoms with Crippen LogP contribution in [0.15, 0.2) is 24.3 Å². The van der Waals surface area contributed by atoms with E-state index >= 15 is 0 Å². The van der Waals surface area contributed by atoms with Crippen LogP contribution in [-0.4, -0.2) is 6.47 Å². The summed E-state index contributed by atoms with van der Waals surface area (Å²) in [6.07, 6.45) is -0.649. The Morgan fingerprint density at radius 3 is 2.75 bits per heavy atom. The highest BCUT2D eigenvalue weighted by Crippen LogP contribution is 2.14. The smallest absolute Gasteiger partial charge is 0.294 e. The maximum Gasteiger partial charge on any atom is 0.294 e. The van der Waals surface area contributed by atoms with E-state index in [-0.39, 0.29) is 0 Å². The van der Waals surface area contributed by atoms with E-state index in [1.807, 2.05) is 31.2 Å². The number of aryl methyl sites for hydroxylation is 1. The van der Waals surface area contributed by atoms with Gasteiger partial charge in [-0.1, -0.05) is 24.3 Å². The molecule has 3 nitrogen and oxygen atoms in total. The lowest BCUT2D eigenvalue weighted by Crippen LogP contribution is -2.14. The molecule has 1 aromatic rings. The van der Waals surface area contributed by atoms with Crippen molar-refractivity contribution in [2.75, 3.05) is 0 Å². The van der Waals surface area contributed by atoms with Crippen molar-refractivity contribution >= 4 is 6.47 Å². The Hall–Kier alpha value is -1.35. The van der Waals surface area contributed by atoms with Crippen LogP contribution in [-0.2, 0) is 9.53 Å². The summed E-state index contributed by atoms with van der Waals surface area (Å²) in [5.74, 6) is 0. The number of rotatable bonds is 3. The van der Waals surface area contributed by atoms with Crippen LogP contribution in [0.1, 0.15) is 17.4 Å². The van der Waals surface area contributed by atoms with Gasteiger partial charge in [0.05, 0.1) is 0 Å². The molecule has 0 bridgehead atoms. The first-order valence-electron chi connectivity index (χ1n) is 3.66. The average Bonchev–Trinajstić information content (AvgIpc) is 2.05. The summed E-state index contributed by atoms with van der Waals surface area (Å²) in [5.41, 5.74) is 7.41. The van der Waals surface area contributed by atoms with Gasteiger partial charge in [-0.05, 0) is 12.5 Å². The molecule has 0 aliphatic heterocycles. The topological polar surface area (TPSA) is 52.3 Å². The van der Waals surface area contributed by atoms with E-state index in [1.165, 1.54) is 0 Å². The molecule has 0 heterocycles. The fourth-order valence-electron chi connectivity index (χ4n) is 1.04. The van der Waals surface area contributed by atoms with Crippen molar-refractivity contribution in [2.45, 2.75) is 13.2 Å². The molecular formula is C9H11NO2. The number of carbonyl (C=O) groups excluding carboxylic acids is 1. The van der Waals surface area contributed by atoms with Crippen molar-refractivity contribution in [3.8, 4) is 0 Å². The summed E-state index contributed by atoms with van der Waals surface area (Å²) in [6, 6.07) is 7.52. The van der Waals surface area contributed by atoms with Crippen molar-refractivity contribution in [3.05, 3.63) is 35.4 Å². The maximum atomic E-state index is 10.00. The van der Waals surface area contributed by atoms with Gasteiger partial charge in [0.15, 0.2) is 6.23 Å². The van der Waals surface area contributed by atoms with Gasteiger partial charge in [0.25, 0.3) is 6.47 Å². The van der Waals surface area contributed by atoms with Crippen molar-refractivity contribution < 1.29 is 9.53 Å². The van der Waals surface area contributed by atoms with Crippen LogP contribution in [0.25, 0.3) is 0 Å². The van der Waals surface area contributed by atoms with Crippen LogP contribution in [0, 0.1) is 6.92 Å². The Morgan fingerprint density at radius 2 is 2.17 bits per heavy atom. The lowest BCUT2D eigenvalue weighted by atomic mass is 10.1. The molecule has 0 fully saturated rings. The third-order valence-corrected chi connectivity index (χ3v) is 1.70. The number of hydrogen-bond acceptors (Lipinski definition) is 3. The number of ether oxygens (including phenoxy) is 1. The van der Waals surface area contributed by atoms with Gasteiger partial charge in [-0.15, -0.1) is 0 Å². The van der Waals surface area contributed by atoms with Gasteiger partial charge >= 0.3 is 0 Å². The first kappa shape index (κ1) is 8.74. The third kappa shape index (κ3) is 1.83.